The van der Waals surface area contributed by atoms with Crippen molar-refractivity contribution in [3.05, 3.63) is 72.8 Å². The maximum Gasteiger partial charge on any atom is 0.119 e. The molecule has 0 aromatic heterocycles. The summed E-state index contributed by atoms with van der Waals surface area (Å²) in [5, 5.41) is 3.34. The zero-order chi connectivity index (χ0) is 21.9. The lowest BCUT2D eigenvalue weighted by molar-refractivity contribution is 0.107. The monoisotopic (exact) mass is 421 g/mol. The molecule has 31 heavy (non-hydrogen) atoms. The van der Waals surface area contributed by atoms with E-state index in [2.05, 4.69) is 59.8 Å². The van der Waals surface area contributed by atoms with Crippen molar-refractivity contribution in [1.82, 2.24) is 15.1 Å². The number of rotatable bonds is 6. The van der Waals surface area contributed by atoms with Crippen LogP contribution in [0.25, 0.3) is 5.70 Å². The molecule has 2 saturated heterocycles. The normalized spacial score (nSPS) is 19.5. The highest BCUT2D eigenvalue weighted by Gasteiger charge is 2.21. The molecular weight excluding hydrogens is 382 g/mol. The Morgan fingerprint density at radius 3 is 2.29 bits per heavy atom. The van der Waals surface area contributed by atoms with Gasteiger partial charge in [0.15, 0.2) is 0 Å². The molecule has 2 aliphatic heterocycles. The van der Waals surface area contributed by atoms with Crippen molar-refractivity contribution in [1.29, 1.82) is 0 Å². The number of piperazine rings is 1. The first-order valence-electron chi connectivity index (χ1n) is 11.8. The van der Waals surface area contributed by atoms with Gasteiger partial charge in [-0.3, -0.25) is 0 Å². The fourth-order valence-corrected chi connectivity index (χ4v) is 4.18. The van der Waals surface area contributed by atoms with Crippen LogP contribution in [0.3, 0.4) is 0 Å². The lowest BCUT2D eigenvalue weighted by atomic mass is 9.98. The number of piperidine rings is 1. The number of para-hydroxylation sites is 1. The maximum atomic E-state index is 5.85. The van der Waals surface area contributed by atoms with Gasteiger partial charge in [0, 0.05) is 50.4 Å². The van der Waals surface area contributed by atoms with Gasteiger partial charge in [-0.2, -0.15) is 0 Å². The standard InChI is InChI=1S/C15H23NO.C12H16N2/c1-13(2)16-10-6-7-14(11-16)12-17-15-8-4-3-5-9-15;1-11(12-5-3-2-4-6-12)14-9-7-13-8-10-14/h3-5,8-9,13-14H,6-7,10-12H2,1-2H3;2-6,13H,1,7-10H2. The number of nitrogens with one attached hydrogen (secondary N) is 1. The smallest absolute Gasteiger partial charge is 0.119 e. The van der Waals surface area contributed by atoms with Crippen LogP contribution in [0.2, 0.25) is 0 Å². The van der Waals surface area contributed by atoms with Crippen LogP contribution in [0, 0.1) is 5.92 Å². The summed E-state index contributed by atoms with van der Waals surface area (Å²) < 4.78 is 5.85. The minimum atomic E-state index is 0.662. The molecule has 2 heterocycles. The lowest BCUT2D eigenvalue weighted by Crippen LogP contribution is -2.42. The Kier molecular flexibility index (Phi) is 9.44. The SMILES string of the molecule is C=C(c1ccccc1)N1CCNCC1.CC(C)N1CCCC(COc2ccccc2)C1. The van der Waals surface area contributed by atoms with Crippen molar-refractivity contribution in [2.45, 2.75) is 32.7 Å². The molecule has 4 heteroatoms. The van der Waals surface area contributed by atoms with Crippen LogP contribution in [-0.2, 0) is 0 Å². The van der Waals surface area contributed by atoms with Gasteiger partial charge in [-0.15, -0.1) is 0 Å². The molecule has 0 saturated carbocycles. The summed E-state index contributed by atoms with van der Waals surface area (Å²) in [6, 6.07) is 21.2. The van der Waals surface area contributed by atoms with Gasteiger partial charge in [0.2, 0.25) is 0 Å². The van der Waals surface area contributed by atoms with Crippen LogP contribution in [0.1, 0.15) is 32.3 Å². The Bertz CT molecular complexity index is 757. The highest BCUT2D eigenvalue weighted by Crippen LogP contribution is 2.20. The van der Waals surface area contributed by atoms with Crippen LogP contribution >= 0.6 is 0 Å². The molecule has 1 unspecified atom stereocenters. The van der Waals surface area contributed by atoms with Gasteiger partial charge in [0.25, 0.3) is 0 Å². The summed E-state index contributed by atoms with van der Waals surface area (Å²) in [6.45, 7) is 16.2. The molecular formula is C27H39N3O. The second-order valence-corrected chi connectivity index (χ2v) is 8.77. The van der Waals surface area contributed by atoms with E-state index in [1.165, 1.54) is 31.5 Å². The molecule has 4 nitrogen and oxygen atoms in total. The summed E-state index contributed by atoms with van der Waals surface area (Å²) in [7, 11) is 0. The number of nitrogens with zero attached hydrogens (tertiary/aromatic N) is 2. The van der Waals surface area contributed by atoms with Gasteiger partial charge in [-0.25, -0.2) is 0 Å². The summed E-state index contributed by atoms with van der Waals surface area (Å²) in [5.74, 6) is 1.68. The van der Waals surface area contributed by atoms with Crippen molar-refractivity contribution in [2.75, 3.05) is 45.9 Å². The van der Waals surface area contributed by atoms with Crippen LogP contribution in [-0.4, -0.2) is 61.7 Å². The van der Waals surface area contributed by atoms with Crippen molar-refractivity contribution in [3.8, 4) is 5.75 Å². The van der Waals surface area contributed by atoms with E-state index >= 15 is 0 Å². The van der Waals surface area contributed by atoms with E-state index in [1.807, 2.05) is 36.4 Å². The summed E-state index contributed by atoms with van der Waals surface area (Å²) >= 11 is 0. The molecule has 4 rings (SSSR count). The topological polar surface area (TPSA) is 27.7 Å². The van der Waals surface area contributed by atoms with E-state index in [0.717, 1.165) is 44.2 Å². The first kappa shape index (κ1) is 23.4. The van der Waals surface area contributed by atoms with Crippen LogP contribution < -0.4 is 10.1 Å². The minimum Gasteiger partial charge on any atom is -0.493 e. The molecule has 0 spiro atoms. The van der Waals surface area contributed by atoms with E-state index in [4.69, 9.17) is 4.74 Å². The molecule has 1 N–H and O–H groups in total. The highest BCUT2D eigenvalue weighted by molar-refractivity contribution is 5.61. The first-order valence-corrected chi connectivity index (χ1v) is 11.8. The summed E-state index contributed by atoms with van der Waals surface area (Å²) in [5.41, 5.74) is 2.38. The van der Waals surface area contributed by atoms with E-state index in [9.17, 15) is 0 Å². The Labute approximate surface area is 188 Å². The number of hydrogen-bond acceptors (Lipinski definition) is 4. The average Bonchev–Trinajstić information content (AvgIpc) is 2.84. The molecule has 1 atom stereocenters. The van der Waals surface area contributed by atoms with Crippen LogP contribution in [0.5, 0.6) is 5.75 Å². The second kappa shape index (κ2) is 12.5. The molecule has 2 aliphatic rings. The fourth-order valence-electron chi connectivity index (χ4n) is 4.18. The largest absolute Gasteiger partial charge is 0.493 e. The maximum absolute atomic E-state index is 5.85. The molecule has 0 amide bonds. The Hall–Kier alpha value is -2.30. The molecule has 0 bridgehead atoms. The van der Waals surface area contributed by atoms with Gasteiger partial charge in [0.05, 0.1) is 6.61 Å². The molecule has 2 fully saturated rings. The van der Waals surface area contributed by atoms with Crippen molar-refractivity contribution >= 4 is 5.70 Å². The molecule has 0 aliphatic carbocycles. The van der Waals surface area contributed by atoms with Crippen molar-refractivity contribution in [2.24, 2.45) is 5.92 Å². The predicted molar refractivity (Wildman–Crippen MR) is 131 cm³/mol. The third kappa shape index (κ3) is 7.71. The van der Waals surface area contributed by atoms with Crippen LogP contribution in [0.15, 0.2) is 67.2 Å². The number of ether oxygens (including phenoxy) is 1. The van der Waals surface area contributed by atoms with Gasteiger partial charge >= 0.3 is 0 Å². The average molecular weight is 422 g/mol. The van der Waals surface area contributed by atoms with Crippen molar-refractivity contribution in [3.63, 3.8) is 0 Å². The number of hydrogen-bond donors (Lipinski definition) is 1. The Balaban J connectivity index is 0.000000179. The zero-order valence-electron chi connectivity index (χ0n) is 19.3. The summed E-state index contributed by atoms with van der Waals surface area (Å²) in [4.78, 5) is 4.90. The van der Waals surface area contributed by atoms with Gasteiger partial charge in [0.1, 0.15) is 5.75 Å². The molecule has 2 aromatic carbocycles. The molecule has 2 aromatic rings. The van der Waals surface area contributed by atoms with Gasteiger partial charge in [-0.1, -0.05) is 55.1 Å². The third-order valence-corrected chi connectivity index (χ3v) is 6.12. The van der Waals surface area contributed by atoms with Crippen LogP contribution in [0.4, 0.5) is 0 Å². The zero-order valence-corrected chi connectivity index (χ0v) is 19.3. The van der Waals surface area contributed by atoms with Crippen molar-refractivity contribution < 1.29 is 4.74 Å². The molecule has 168 valence electrons. The fraction of sp³-hybridized carbons (Fsp3) is 0.481. The van der Waals surface area contributed by atoms with E-state index in [1.54, 1.807) is 0 Å². The van der Waals surface area contributed by atoms with Gasteiger partial charge in [-0.05, 0) is 50.9 Å². The first-order chi connectivity index (χ1) is 15.1. The predicted octanol–water partition coefficient (Wildman–Crippen LogP) is 4.75. The Morgan fingerprint density at radius 1 is 1.00 bits per heavy atom. The minimum absolute atomic E-state index is 0.662. The van der Waals surface area contributed by atoms with E-state index in [0.29, 0.717) is 12.0 Å². The summed E-state index contributed by atoms with van der Waals surface area (Å²) in [6.07, 6.45) is 2.61. The van der Waals surface area contributed by atoms with E-state index < -0.39 is 0 Å². The Morgan fingerprint density at radius 2 is 1.65 bits per heavy atom. The second-order valence-electron chi connectivity index (χ2n) is 8.77. The number of benzene rings is 2. The number of likely N-dealkylation sites (tertiary alicyclic amines) is 1. The van der Waals surface area contributed by atoms with E-state index in [-0.39, 0.29) is 0 Å². The quantitative estimate of drug-likeness (QED) is 0.729. The lowest BCUT2D eigenvalue weighted by Gasteiger charge is -2.35. The third-order valence-electron chi connectivity index (χ3n) is 6.12. The molecule has 0 radical (unpaired) electrons. The highest BCUT2D eigenvalue weighted by atomic mass is 16.5. The van der Waals surface area contributed by atoms with Gasteiger partial charge < -0.3 is 19.9 Å².